The van der Waals surface area contributed by atoms with E-state index < -0.39 is 0 Å². The average Bonchev–Trinajstić information content (AvgIpc) is 2.69. The van der Waals surface area contributed by atoms with Crippen LogP contribution in [0.2, 0.25) is 0 Å². The summed E-state index contributed by atoms with van der Waals surface area (Å²) in [5.74, 6) is 0. The Bertz CT molecular complexity index is 488. The number of nitrogens with zero attached hydrogens (tertiary/aromatic N) is 2. The smallest absolute Gasteiger partial charge is 0.0571 e. The molecule has 0 radical (unpaired) electrons. The number of halogens is 1. The minimum absolute atomic E-state index is 0.961. The van der Waals surface area contributed by atoms with Crippen LogP contribution in [-0.4, -0.2) is 23.4 Å². The molecule has 1 heterocycles. The zero-order valence-electron chi connectivity index (χ0n) is 10.1. The molecule has 0 amide bonds. The summed E-state index contributed by atoms with van der Waals surface area (Å²) in [6.45, 7) is 0.961. The number of rotatable bonds is 4. The fraction of sp³-hybridized carbons (Fsp3) is 0.308. The number of benzene rings is 1. The second-order valence-electron chi connectivity index (χ2n) is 3.99. The summed E-state index contributed by atoms with van der Waals surface area (Å²) in [4.78, 5) is 0. The van der Waals surface area contributed by atoms with Crippen LogP contribution in [0.5, 0.6) is 0 Å². The van der Waals surface area contributed by atoms with Gasteiger partial charge in [-0.05, 0) is 24.7 Å². The van der Waals surface area contributed by atoms with E-state index in [4.69, 9.17) is 0 Å². The van der Waals surface area contributed by atoms with Crippen LogP contribution < -0.4 is 5.32 Å². The van der Waals surface area contributed by atoms with Crippen LogP contribution in [0.25, 0.3) is 11.1 Å². The van der Waals surface area contributed by atoms with E-state index in [-0.39, 0.29) is 0 Å². The lowest BCUT2D eigenvalue weighted by Gasteiger charge is -2.06. The molecule has 1 N–H and O–H groups in total. The van der Waals surface area contributed by atoms with Crippen molar-refractivity contribution in [2.75, 3.05) is 13.6 Å². The standard InChI is InChI=1S/C13H16BrN3/c1-15-8-7-13-12(9-16-17(13)2)10-3-5-11(14)6-4-10/h3-6,9,15H,7-8H2,1-2H3. The Morgan fingerprint density at radius 2 is 2.00 bits per heavy atom. The number of aromatic nitrogens is 2. The molecular formula is C13H16BrN3. The highest BCUT2D eigenvalue weighted by Gasteiger charge is 2.09. The van der Waals surface area contributed by atoms with Gasteiger partial charge in [0.1, 0.15) is 0 Å². The van der Waals surface area contributed by atoms with Crippen LogP contribution in [0.15, 0.2) is 34.9 Å². The Kier molecular flexibility index (Phi) is 3.97. The molecule has 0 atom stereocenters. The van der Waals surface area contributed by atoms with E-state index in [0.717, 1.165) is 17.4 Å². The van der Waals surface area contributed by atoms with Crippen molar-refractivity contribution >= 4 is 15.9 Å². The molecule has 0 aliphatic rings. The fourth-order valence-electron chi connectivity index (χ4n) is 1.87. The van der Waals surface area contributed by atoms with Crippen molar-refractivity contribution in [1.82, 2.24) is 15.1 Å². The van der Waals surface area contributed by atoms with Crippen molar-refractivity contribution in [2.45, 2.75) is 6.42 Å². The van der Waals surface area contributed by atoms with Crippen molar-refractivity contribution in [2.24, 2.45) is 7.05 Å². The summed E-state index contributed by atoms with van der Waals surface area (Å²) < 4.78 is 3.05. The van der Waals surface area contributed by atoms with Gasteiger partial charge in [-0.15, -0.1) is 0 Å². The number of likely N-dealkylation sites (N-methyl/N-ethyl adjacent to an activating group) is 1. The van der Waals surface area contributed by atoms with Gasteiger partial charge in [0.2, 0.25) is 0 Å². The van der Waals surface area contributed by atoms with Gasteiger partial charge in [-0.3, -0.25) is 4.68 Å². The van der Waals surface area contributed by atoms with Gasteiger partial charge in [0.15, 0.2) is 0 Å². The van der Waals surface area contributed by atoms with E-state index in [1.807, 2.05) is 25.0 Å². The lowest BCUT2D eigenvalue weighted by molar-refractivity contribution is 0.682. The van der Waals surface area contributed by atoms with Gasteiger partial charge < -0.3 is 5.32 Å². The summed E-state index contributed by atoms with van der Waals surface area (Å²) in [6, 6.07) is 8.35. The third-order valence-electron chi connectivity index (χ3n) is 2.83. The van der Waals surface area contributed by atoms with Crippen molar-refractivity contribution in [3.63, 3.8) is 0 Å². The highest BCUT2D eigenvalue weighted by atomic mass is 79.9. The molecule has 2 rings (SSSR count). The largest absolute Gasteiger partial charge is 0.319 e. The Morgan fingerprint density at radius 3 is 2.65 bits per heavy atom. The second kappa shape index (κ2) is 5.47. The molecule has 0 bridgehead atoms. The van der Waals surface area contributed by atoms with E-state index in [9.17, 15) is 0 Å². The summed E-state index contributed by atoms with van der Waals surface area (Å²) in [5.41, 5.74) is 3.70. The number of aryl methyl sites for hydroxylation is 1. The predicted molar refractivity (Wildman–Crippen MR) is 74.0 cm³/mol. The minimum Gasteiger partial charge on any atom is -0.319 e. The summed E-state index contributed by atoms with van der Waals surface area (Å²) in [6.07, 6.45) is 2.92. The van der Waals surface area contributed by atoms with Gasteiger partial charge in [-0.1, -0.05) is 28.1 Å². The van der Waals surface area contributed by atoms with E-state index in [1.54, 1.807) is 0 Å². The van der Waals surface area contributed by atoms with Crippen molar-refractivity contribution in [1.29, 1.82) is 0 Å². The van der Waals surface area contributed by atoms with Gasteiger partial charge in [0, 0.05) is 35.7 Å². The monoisotopic (exact) mass is 293 g/mol. The quantitative estimate of drug-likeness (QED) is 0.939. The highest BCUT2D eigenvalue weighted by Crippen LogP contribution is 2.25. The maximum Gasteiger partial charge on any atom is 0.0571 e. The van der Waals surface area contributed by atoms with E-state index in [0.29, 0.717) is 0 Å². The Balaban J connectivity index is 2.34. The van der Waals surface area contributed by atoms with Crippen molar-refractivity contribution < 1.29 is 0 Å². The molecule has 90 valence electrons. The van der Waals surface area contributed by atoms with Gasteiger partial charge in [0.05, 0.1) is 6.20 Å². The topological polar surface area (TPSA) is 29.9 Å². The number of nitrogens with one attached hydrogen (secondary N) is 1. The number of hydrogen-bond donors (Lipinski definition) is 1. The van der Waals surface area contributed by atoms with Gasteiger partial charge in [-0.2, -0.15) is 5.10 Å². The van der Waals surface area contributed by atoms with E-state index >= 15 is 0 Å². The number of hydrogen-bond acceptors (Lipinski definition) is 2. The lowest BCUT2D eigenvalue weighted by atomic mass is 10.1. The second-order valence-corrected chi connectivity index (χ2v) is 4.90. The molecule has 17 heavy (non-hydrogen) atoms. The molecule has 1 aromatic heterocycles. The van der Waals surface area contributed by atoms with Gasteiger partial charge in [0.25, 0.3) is 0 Å². The lowest BCUT2D eigenvalue weighted by Crippen LogP contribution is -2.13. The minimum atomic E-state index is 0.961. The van der Waals surface area contributed by atoms with Gasteiger partial charge >= 0.3 is 0 Å². The Hall–Kier alpha value is -1.13. The van der Waals surface area contributed by atoms with Crippen LogP contribution in [0.3, 0.4) is 0 Å². The van der Waals surface area contributed by atoms with Gasteiger partial charge in [-0.25, -0.2) is 0 Å². The summed E-state index contributed by atoms with van der Waals surface area (Å²) in [5, 5.41) is 7.52. The maximum atomic E-state index is 4.35. The first kappa shape index (κ1) is 12.3. The van der Waals surface area contributed by atoms with Crippen LogP contribution in [-0.2, 0) is 13.5 Å². The molecule has 0 saturated carbocycles. The molecule has 0 fully saturated rings. The normalized spacial score (nSPS) is 10.8. The predicted octanol–water partition coefficient (Wildman–Crippen LogP) is 2.61. The molecule has 4 heteroatoms. The average molecular weight is 294 g/mol. The van der Waals surface area contributed by atoms with E-state index in [1.165, 1.54) is 16.8 Å². The van der Waals surface area contributed by atoms with Crippen molar-refractivity contribution in [3.05, 3.63) is 40.6 Å². The van der Waals surface area contributed by atoms with Crippen LogP contribution in [0.1, 0.15) is 5.69 Å². The molecule has 0 saturated heterocycles. The summed E-state index contributed by atoms with van der Waals surface area (Å²) in [7, 11) is 3.96. The first-order valence-corrected chi connectivity index (χ1v) is 6.43. The molecular weight excluding hydrogens is 278 g/mol. The first-order valence-electron chi connectivity index (χ1n) is 5.64. The third kappa shape index (κ3) is 2.76. The summed E-state index contributed by atoms with van der Waals surface area (Å²) >= 11 is 3.45. The molecule has 3 nitrogen and oxygen atoms in total. The molecule has 2 aromatic rings. The zero-order valence-corrected chi connectivity index (χ0v) is 11.7. The first-order chi connectivity index (χ1) is 8.22. The van der Waals surface area contributed by atoms with Crippen LogP contribution >= 0.6 is 15.9 Å². The molecule has 0 aliphatic heterocycles. The zero-order chi connectivity index (χ0) is 12.3. The fourth-order valence-corrected chi connectivity index (χ4v) is 2.14. The molecule has 0 spiro atoms. The van der Waals surface area contributed by atoms with Crippen LogP contribution in [0.4, 0.5) is 0 Å². The molecule has 0 unspecified atom stereocenters. The maximum absolute atomic E-state index is 4.35. The van der Waals surface area contributed by atoms with Crippen molar-refractivity contribution in [3.8, 4) is 11.1 Å². The Labute approximate surface area is 110 Å². The Morgan fingerprint density at radius 1 is 1.29 bits per heavy atom. The highest BCUT2D eigenvalue weighted by molar-refractivity contribution is 9.10. The molecule has 1 aromatic carbocycles. The van der Waals surface area contributed by atoms with E-state index in [2.05, 4.69) is 50.6 Å². The molecule has 0 aliphatic carbocycles. The van der Waals surface area contributed by atoms with Crippen LogP contribution in [0, 0.1) is 0 Å². The SMILES string of the molecule is CNCCc1c(-c2ccc(Br)cc2)cnn1C. The third-order valence-corrected chi connectivity index (χ3v) is 3.36.